The second kappa shape index (κ2) is 13.2. The smallest absolute Gasteiger partial charge is 0.224 e. The lowest BCUT2D eigenvalue weighted by molar-refractivity contribution is -0.117. The fourth-order valence-electron chi connectivity index (χ4n) is 3.96. The Hall–Kier alpha value is -1.27. The summed E-state index contributed by atoms with van der Waals surface area (Å²) in [4.78, 5) is 19.5. The molecule has 0 unspecified atom stereocenters. The molecule has 0 bridgehead atoms. The van der Waals surface area contributed by atoms with Crippen molar-refractivity contribution in [2.45, 2.75) is 44.9 Å². The molecule has 1 saturated carbocycles. The van der Waals surface area contributed by atoms with Crippen molar-refractivity contribution in [3.8, 4) is 0 Å². The number of pyridine rings is 1. The predicted octanol–water partition coefficient (Wildman–Crippen LogP) is 5.69. The van der Waals surface area contributed by atoms with Crippen molar-refractivity contribution in [2.24, 2.45) is 5.92 Å². The fraction of sp³-hybridized carbons (Fsp3) is 0.545. The first-order chi connectivity index (χ1) is 13.6. The molecular formula is C22H33Cl3N4O. The molecule has 3 rings (SSSR count). The molecule has 1 heterocycles. The Morgan fingerprint density at radius 2 is 1.90 bits per heavy atom. The SMILES string of the molecule is CNCCCN(C)c1ccc2c(NC(=O)CC3CCCCC3)c(Cl)ccc2n1.Cl.Cl. The largest absolute Gasteiger partial charge is 0.360 e. The number of rotatable bonds is 8. The van der Waals surface area contributed by atoms with Crippen LogP contribution in [0.25, 0.3) is 10.9 Å². The first-order valence-electron chi connectivity index (χ1n) is 10.3. The average Bonchev–Trinajstić information content (AvgIpc) is 2.70. The van der Waals surface area contributed by atoms with Crippen LogP contribution < -0.4 is 15.5 Å². The number of hydrogen-bond acceptors (Lipinski definition) is 4. The van der Waals surface area contributed by atoms with E-state index in [2.05, 4.69) is 15.5 Å². The monoisotopic (exact) mass is 474 g/mol. The van der Waals surface area contributed by atoms with Crippen LogP contribution in [0.1, 0.15) is 44.9 Å². The van der Waals surface area contributed by atoms with Gasteiger partial charge in [-0.2, -0.15) is 0 Å². The molecule has 1 amide bonds. The Balaban J connectivity index is 0.00000225. The van der Waals surface area contributed by atoms with E-state index in [4.69, 9.17) is 16.6 Å². The van der Waals surface area contributed by atoms with Crippen molar-refractivity contribution in [3.05, 3.63) is 29.3 Å². The Bertz CT molecular complexity index is 812. The van der Waals surface area contributed by atoms with Crippen LogP contribution in [0, 0.1) is 5.92 Å². The maximum absolute atomic E-state index is 12.6. The molecule has 0 spiro atoms. The van der Waals surface area contributed by atoms with E-state index >= 15 is 0 Å². The third-order valence-electron chi connectivity index (χ3n) is 5.58. The van der Waals surface area contributed by atoms with Gasteiger partial charge in [-0.3, -0.25) is 4.79 Å². The number of hydrogen-bond donors (Lipinski definition) is 2. The van der Waals surface area contributed by atoms with Crippen molar-refractivity contribution in [1.29, 1.82) is 0 Å². The van der Waals surface area contributed by atoms with Gasteiger partial charge in [0.25, 0.3) is 0 Å². The Kier molecular flexibility index (Phi) is 11.8. The second-order valence-electron chi connectivity index (χ2n) is 7.79. The van der Waals surface area contributed by atoms with Crippen molar-refractivity contribution < 1.29 is 4.79 Å². The van der Waals surface area contributed by atoms with E-state index in [0.29, 0.717) is 23.0 Å². The molecule has 2 N–H and O–H groups in total. The van der Waals surface area contributed by atoms with Crippen molar-refractivity contribution in [3.63, 3.8) is 0 Å². The van der Waals surface area contributed by atoms with E-state index in [0.717, 1.165) is 49.1 Å². The minimum absolute atomic E-state index is 0. The number of carbonyl (C=O) groups is 1. The van der Waals surface area contributed by atoms with Gasteiger partial charge in [0.1, 0.15) is 5.82 Å². The number of aromatic nitrogens is 1. The van der Waals surface area contributed by atoms with E-state index < -0.39 is 0 Å². The molecule has 2 aromatic rings. The van der Waals surface area contributed by atoms with Crippen LogP contribution in [0.4, 0.5) is 11.5 Å². The van der Waals surface area contributed by atoms with Crippen LogP contribution >= 0.6 is 36.4 Å². The van der Waals surface area contributed by atoms with Gasteiger partial charge < -0.3 is 15.5 Å². The number of benzene rings is 1. The molecule has 1 aliphatic rings. The molecule has 8 heteroatoms. The highest BCUT2D eigenvalue weighted by Gasteiger charge is 2.19. The first-order valence-corrected chi connectivity index (χ1v) is 10.7. The van der Waals surface area contributed by atoms with Crippen LogP contribution in [0.3, 0.4) is 0 Å². The fourth-order valence-corrected chi connectivity index (χ4v) is 4.17. The maximum atomic E-state index is 12.6. The summed E-state index contributed by atoms with van der Waals surface area (Å²) >= 11 is 6.42. The minimum Gasteiger partial charge on any atom is -0.360 e. The van der Waals surface area contributed by atoms with Crippen LogP contribution in [-0.4, -0.2) is 38.1 Å². The van der Waals surface area contributed by atoms with Crippen LogP contribution in [0.5, 0.6) is 0 Å². The summed E-state index contributed by atoms with van der Waals surface area (Å²) in [6.45, 7) is 1.91. The highest BCUT2D eigenvalue weighted by Crippen LogP contribution is 2.33. The predicted molar refractivity (Wildman–Crippen MR) is 133 cm³/mol. The summed E-state index contributed by atoms with van der Waals surface area (Å²) < 4.78 is 0. The lowest BCUT2D eigenvalue weighted by Gasteiger charge is -2.21. The van der Waals surface area contributed by atoms with E-state index in [1.165, 1.54) is 19.3 Å². The lowest BCUT2D eigenvalue weighted by Crippen LogP contribution is -2.23. The highest BCUT2D eigenvalue weighted by molar-refractivity contribution is 6.35. The standard InChI is InChI=1S/C22H31ClN4O.2ClH/c1-24-13-6-14-27(2)20-12-9-17-19(25-20)11-10-18(23)22(17)26-21(28)15-16-7-4-3-5-8-16;;/h9-12,16,24H,3-8,13-15H2,1-2H3,(H,26,28);2*1H. The summed E-state index contributed by atoms with van der Waals surface area (Å²) in [7, 11) is 4.01. The molecule has 1 aromatic carbocycles. The van der Waals surface area contributed by atoms with E-state index in [1.807, 2.05) is 38.4 Å². The summed E-state index contributed by atoms with van der Waals surface area (Å²) in [6.07, 6.45) is 7.71. The van der Waals surface area contributed by atoms with Crippen LogP contribution in [0.2, 0.25) is 5.02 Å². The normalized spacial score (nSPS) is 14.0. The molecule has 1 fully saturated rings. The molecule has 0 saturated heterocycles. The van der Waals surface area contributed by atoms with E-state index in [9.17, 15) is 4.79 Å². The lowest BCUT2D eigenvalue weighted by atomic mass is 9.87. The van der Waals surface area contributed by atoms with Gasteiger partial charge in [0.15, 0.2) is 0 Å². The minimum atomic E-state index is 0. The molecule has 0 aliphatic heterocycles. The number of anilines is 2. The molecule has 1 aliphatic carbocycles. The van der Waals surface area contributed by atoms with Gasteiger partial charge in [0.2, 0.25) is 5.91 Å². The number of nitrogens with one attached hydrogen (secondary N) is 2. The highest BCUT2D eigenvalue weighted by atomic mass is 35.5. The van der Waals surface area contributed by atoms with Crippen molar-refractivity contribution in [1.82, 2.24) is 10.3 Å². The van der Waals surface area contributed by atoms with Crippen molar-refractivity contribution >= 4 is 64.7 Å². The van der Waals surface area contributed by atoms with Gasteiger partial charge in [-0.05, 0) is 63.0 Å². The Morgan fingerprint density at radius 3 is 2.60 bits per heavy atom. The van der Waals surface area contributed by atoms with Crippen LogP contribution in [-0.2, 0) is 4.79 Å². The van der Waals surface area contributed by atoms with Crippen molar-refractivity contribution in [2.75, 3.05) is 37.4 Å². The van der Waals surface area contributed by atoms with Gasteiger partial charge >= 0.3 is 0 Å². The summed E-state index contributed by atoms with van der Waals surface area (Å²) in [5.74, 6) is 1.47. The number of halogens is 3. The second-order valence-corrected chi connectivity index (χ2v) is 8.20. The third kappa shape index (κ3) is 7.16. The summed E-state index contributed by atoms with van der Waals surface area (Å²) in [5.41, 5.74) is 1.52. The molecule has 0 radical (unpaired) electrons. The number of nitrogens with zero attached hydrogens (tertiary/aromatic N) is 2. The Morgan fingerprint density at radius 1 is 1.17 bits per heavy atom. The van der Waals surface area contributed by atoms with Gasteiger partial charge in [0.05, 0.1) is 16.2 Å². The number of carbonyl (C=O) groups excluding carboxylic acids is 1. The summed E-state index contributed by atoms with van der Waals surface area (Å²) in [5, 5.41) is 7.66. The molecule has 30 heavy (non-hydrogen) atoms. The van der Waals surface area contributed by atoms with E-state index in [1.54, 1.807) is 0 Å². The third-order valence-corrected chi connectivity index (χ3v) is 5.90. The zero-order valence-corrected chi connectivity index (χ0v) is 20.1. The summed E-state index contributed by atoms with van der Waals surface area (Å²) in [6, 6.07) is 7.74. The van der Waals surface area contributed by atoms with Gasteiger partial charge in [-0.25, -0.2) is 4.98 Å². The topological polar surface area (TPSA) is 57.3 Å². The molecule has 1 aromatic heterocycles. The molecule has 168 valence electrons. The average molecular weight is 476 g/mol. The van der Waals surface area contributed by atoms with Gasteiger partial charge in [0, 0.05) is 25.4 Å². The quantitative estimate of drug-likeness (QED) is 0.482. The molecule has 5 nitrogen and oxygen atoms in total. The molecular weight excluding hydrogens is 443 g/mol. The zero-order valence-electron chi connectivity index (χ0n) is 17.7. The van der Waals surface area contributed by atoms with E-state index in [-0.39, 0.29) is 30.7 Å². The number of fused-ring (bicyclic) bond motifs is 1. The molecule has 0 atom stereocenters. The van der Waals surface area contributed by atoms with Gasteiger partial charge in [-0.15, -0.1) is 24.8 Å². The Labute approximate surface area is 197 Å². The number of amides is 1. The zero-order chi connectivity index (χ0) is 19.9. The maximum Gasteiger partial charge on any atom is 0.224 e. The van der Waals surface area contributed by atoms with Crippen LogP contribution in [0.15, 0.2) is 24.3 Å². The first kappa shape index (κ1) is 26.8. The van der Waals surface area contributed by atoms with Gasteiger partial charge in [-0.1, -0.05) is 30.9 Å².